The highest BCUT2D eigenvalue weighted by molar-refractivity contribution is 5.79. The van der Waals surface area contributed by atoms with Gasteiger partial charge in [0.05, 0.1) is 0 Å². The van der Waals surface area contributed by atoms with E-state index in [0.717, 1.165) is 13.0 Å². The standard InChI is InChI=1S/C9H18N2O/c1-9(2,8(10)12)6-7-4-3-5-11-7/h7,11H,3-6H2,1-2H3,(H2,10,12). The molecule has 1 unspecified atom stereocenters. The van der Waals surface area contributed by atoms with E-state index in [1.54, 1.807) is 0 Å². The highest BCUT2D eigenvalue weighted by Crippen LogP contribution is 2.25. The number of primary amides is 1. The van der Waals surface area contributed by atoms with Crippen molar-refractivity contribution < 1.29 is 4.79 Å². The summed E-state index contributed by atoms with van der Waals surface area (Å²) in [5.41, 5.74) is 4.92. The SMILES string of the molecule is CC(C)(CC1CCCN1)C(N)=O. The smallest absolute Gasteiger partial charge is 0.223 e. The van der Waals surface area contributed by atoms with Crippen LogP contribution in [0.25, 0.3) is 0 Å². The summed E-state index contributed by atoms with van der Waals surface area (Å²) in [6.07, 6.45) is 3.26. The van der Waals surface area contributed by atoms with Crippen LogP contribution in [0, 0.1) is 5.41 Å². The molecule has 3 nitrogen and oxygen atoms in total. The normalized spacial score (nSPS) is 24.3. The van der Waals surface area contributed by atoms with E-state index in [-0.39, 0.29) is 11.3 Å². The summed E-state index contributed by atoms with van der Waals surface area (Å²) in [7, 11) is 0. The van der Waals surface area contributed by atoms with E-state index in [2.05, 4.69) is 5.32 Å². The Balaban J connectivity index is 2.42. The summed E-state index contributed by atoms with van der Waals surface area (Å²) in [6, 6.07) is 0.493. The van der Waals surface area contributed by atoms with Crippen LogP contribution in [0.15, 0.2) is 0 Å². The fraction of sp³-hybridized carbons (Fsp3) is 0.889. The van der Waals surface area contributed by atoms with E-state index in [1.165, 1.54) is 12.8 Å². The third kappa shape index (κ3) is 2.21. The molecule has 1 heterocycles. The number of carbonyl (C=O) groups excluding carboxylic acids is 1. The molecule has 1 aliphatic heterocycles. The number of nitrogens with one attached hydrogen (secondary N) is 1. The van der Waals surface area contributed by atoms with Gasteiger partial charge >= 0.3 is 0 Å². The average molecular weight is 170 g/mol. The van der Waals surface area contributed by atoms with Crippen LogP contribution >= 0.6 is 0 Å². The molecular weight excluding hydrogens is 152 g/mol. The summed E-state index contributed by atoms with van der Waals surface area (Å²) in [4.78, 5) is 11.0. The summed E-state index contributed by atoms with van der Waals surface area (Å²) in [5, 5.41) is 3.36. The predicted molar refractivity (Wildman–Crippen MR) is 48.6 cm³/mol. The van der Waals surface area contributed by atoms with Crippen molar-refractivity contribution in [2.75, 3.05) is 6.54 Å². The first-order valence-electron chi connectivity index (χ1n) is 4.56. The lowest BCUT2D eigenvalue weighted by atomic mass is 9.84. The second kappa shape index (κ2) is 3.44. The van der Waals surface area contributed by atoms with Gasteiger partial charge in [0.25, 0.3) is 0 Å². The van der Waals surface area contributed by atoms with Gasteiger partial charge in [-0.15, -0.1) is 0 Å². The molecule has 0 bridgehead atoms. The number of hydrogen-bond acceptors (Lipinski definition) is 2. The number of carbonyl (C=O) groups is 1. The largest absolute Gasteiger partial charge is 0.369 e. The third-order valence-electron chi connectivity index (χ3n) is 2.59. The van der Waals surface area contributed by atoms with Crippen LogP contribution in [0.3, 0.4) is 0 Å². The Hall–Kier alpha value is -0.570. The van der Waals surface area contributed by atoms with Crippen LogP contribution < -0.4 is 11.1 Å². The number of rotatable bonds is 3. The highest BCUT2D eigenvalue weighted by atomic mass is 16.1. The fourth-order valence-electron chi connectivity index (χ4n) is 1.65. The van der Waals surface area contributed by atoms with Crippen LogP contribution in [0.5, 0.6) is 0 Å². The van der Waals surface area contributed by atoms with E-state index in [0.29, 0.717) is 6.04 Å². The first-order valence-corrected chi connectivity index (χ1v) is 4.56. The van der Waals surface area contributed by atoms with Crippen molar-refractivity contribution in [1.29, 1.82) is 0 Å². The Labute approximate surface area is 73.7 Å². The molecule has 70 valence electrons. The van der Waals surface area contributed by atoms with Crippen molar-refractivity contribution >= 4 is 5.91 Å². The Kier molecular flexibility index (Phi) is 2.73. The molecule has 0 spiro atoms. The van der Waals surface area contributed by atoms with Crippen LogP contribution in [-0.4, -0.2) is 18.5 Å². The van der Waals surface area contributed by atoms with E-state index in [9.17, 15) is 4.79 Å². The van der Waals surface area contributed by atoms with Crippen molar-refractivity contribution in [1.82, 2.24) is 5.32 Å². The lowest BCUT2D eigenvalue weighted by Gasteiger charge is -2.24. The van der Waals surface area contributed by atoms with Crippen LogP contribution in [-0.2, 0) is 4.79 Å². The van der Waals surface area contributed by atoms with E-state index in [4.69, 9.17) is 5.73 Å². The molecule has 3 N–H and O–H groups in total. The number of hydrogen-bond donors (Lipinski definition) is 2. The van der Waals surface area contributed by atoms with Gasteiger partial charge in [-0.25, -0.2) is 0 Å². The quantitative estimate of drug-likeness (QED) is 0.653. The number of amides is 1. The maximum absolute atomic E-state index is 11.0. The first-order chi connectivity index (χ1) is 5.52. The Morgan fingerprint density at radius 3 is 2.75 bits per heavy atom. The monoisotopic (exact) mass is 170 g/mol. The molecule has 0 saturated carbocycles. The Morgan fingerprint density at radius 1 is 1.67 bits per heavy atom. The zero-order valence-electron chi connectivity index (χ0n) is 7.89. The predicted octanol–water partition coefficient (Wildman–Crippen LogP) is 0.640. The lowest BCUT2D eigenvalue weighted by Crippen LogP contribution is -2.37. The molecule has 1 atom stereocenters. The van der Waals surface area contributed by atoms with Gasteiger partial charge in [0.1, 0.15) is 0 Å². The molecule has 0 aliphatic carbocycles. The van der Waals surface area contributed by atoms with E-state index in [1.807, 2.05) is 13.8 Å². The minimum absolute atomic E-state index is 0.198. The lowest BCUT2D eigenvalue weighted by molar-refractivity contribution is -0.126. The van der Waals surface area contributed by atoms with Gasteiger partial charge in [-0.2, -0.15) is 0 Å². The molecule has 1 fully saturated rings. The van der Waals surface area contributed by atoms with Crippen LogP contribution in [0.4, 0.5) is 0 Å². The van der Waals surface area contributed by atoms with Gasteiger partial charge in [0.15, 0.2) is 0 Å². The fourth-order valence-corrected chi connectivity index (χ4v) is 1.65. The minimum Gasteiger partial charge on any atom is -0.369 e. The average Bonchev–Trinajstić information content (AvgIpc) is 2.38. The van der Waals surface area contributed by atoms with Crippen LogP contribution in [0.1, 0.15) is 33.1 Å². The summed E-state index contributed by atoms with van der Waals surface area (Å²) in [5.74, 6) is -0.198. The summed E-state index contributed by atoms with van der Waals surface area (Å²) in [6.45, 7) is 4.91. The molecule has 0 aromatic rings. The zero-order valence-corrected chi connectivity index (χ0v) is 7.89. The van der Waals surface area contributed by atoms with Gasteiger partial charge < -0.3 is 11.1 Å². The molecule has 12 heavy (non-hydrogen) atoms. The van der Waals surface area contributed by atoms with Gasteiger partial charge in [-0.3, -0.25) is 4.79 Å². The van der Waals surface area contributed by atoms with Gasteiger partial charge in [-0.1, -0.05) is 13.8 Å². The summed E-state index contributed by atoms with van der Waals surface area (Å²) < 4.78 is 0. The molecule has 1 amide bonds. The number of nitrogens with two attached hydrogens (primary N) is 1. The molecule has 1 aliphatic rings. The zero-order chi connectivity index (χ0) is 9.19. The Bertz CT molecular complexity index is 171. The van der Waals surface area contributed by atoms with Crippen molar-refractivity contribution in [2.24, 2.45) is 11.1 Å². The minimum atomic E-state index is -0.359. The second-order valence-corrected chi connectivity index (χ2v) is 4.25. The molecular formula is C9H18N2O. The van der Waals surface area contributed by atoms with Crippen molar-refractivity contribution in [3.63, 3.8) is 0 Å². The Morgan fingerprint density at radius 2 is 2.33 bits per heavy atom. The molecule has 0 aromatic heterocycles. The van der Waals surface area contributed by atoms with Crippen LogP contribution in [0.2, 0.25) is 0 Å². The van der Waals surface area contributed by atoms with Gasteiger partial charge in [-0.05, 0) is 25.8 Å². The maximum atomic E-state index is 11.0. The molecule has 0 aromatic carbocycles. The molecule has 3 heteroatoms. The second-order valence-electron chi connectivity index (χ2n) is 4.25. The van der Waals surface area contributed by atoms with Crippen molar-refractivity contribution in [3.05, 3.63) is 0 Å². The van der Waals surface area contributed by atoms with E-state index >= 15 is 0 Å². The van der Waals surface area contributed by atoms with Crippen molar-refractivity contribution in [3.8, 4) is 0 Å². The molecule has 1 rings (SSSR count). The maximum Gasteiger partial charge on any atom is 0.223 e. The first kappa shape index (κ1) is 9.52. The topological polar surface area (TPSA) is 55.1 Å². The van der Waals surface area contributed by atoms with E-state index < -0.39 is 0 Å². The van der Waals surface area contributed by atoms with Crippen molar-refractivity contribution in [2.45, 2.75) is 39.2 Å². The van der Waals surface area contributed by atoms with Gasteiger partial charge in [0.2, 0.25) is 5.91 Å². The molecule has 1 saturated heterocycles. The summed E-state index contributed by atoms with van der Waals surface area (Å²) >= 11 is 0. The molecule has 0 radical (unpaired) electrons. The highest BCUT2D eigenvalue weighted by Gasteiger charge is 2.29. The van der Waals surface area contributed by atoms with Gasteiger partial charge in [0, 0.05) is 11.5 Å². The third-order valence-corrected chi connectivity index (χ3v) is 2.59.